The molecule has 3 amide bonds. The SMILES string of the molecule is CCOC(=O)N1C(=O)[C@]2(c3ccc(Cl)cc31)[C@@H](c1cccc(F)c1)NC(=O)C[C@H]2c1cccc(Cl)c1. The van der Waals surface area contributed by atoms with Gasteiger partial charge in [-0.05, 0) is 60.0 Å². The lowest BCUT2D eigenvalue weighted by atomic mass is 9.59. The van der Waals surface area contributed by atoms with Gasteiger partial charge in [0.15, 0.2) is 0 Å². The maximum Gasteiger partial charge on any atom is 0.421 e. The quantitative estimate of drug-likeness (QED) is 0.459. The summed E-state index contributed by atoms with van der Waals surface area (Å²) in [6.45, 7) is 1.69. The fraction of sp³-hybridized carbons (Fsp3) is 0.222. The molecule has 36 heavy (non-hydrogen) atoms. The number of nitrogens with zero attached hydrogens (tertiary/aromatic N) is 1. The molecule has 6 nitrogen and oxygen atoms in total. The van der Waals surface area contributed by atoms with Crippen LogP contribution in [0.1, 0.15) is 42.0 Å². The van der Waals surface area contributed by atoms with Crippen molar-refractivity contribution in [3.05, 3.63) is 99.3 Å². The van der Waals surface area contributed by atoms with Crippen molar-refractivity contribution in [3.63, 3.8) is 0 Å². The van der Waals surface area contributed by atoms with Crippen LogP contribution in [-0.2, 0) is 19.7 Å². The number of imide groups is 1. The van der Waals surface area contributed by atoms with Gasteiger partial charge in [-0.3, -0.25) is 9.59 Å². The third-order valence-electron chi connectivity index (χ3n) is 6.79. The molecule has 0 unspecified atom stereocenters. The summed E-state index contributed by atoms with van der Waals surface area (Å²) < 4.78 is 19.6. The summed E-state index contributed by atoms with van der Waals surface area (Å²) in [5.41, 5.74) is 0.243. The first-order valence-electron chi connectivity index (χ1n) is 11.4. The summed E-state index contributed by atoms with van der Waals surface area (Å²) in [7, 11) is 0. The van der Waals surface area contributed by atoms with Gasteiger partial charge >= 0.3 is 6.09 Å². The highest BCUT2D eigenvalue weighted by atomic mass is 35.5. The molecular formula is C27H21Cl2FN2O4. The maximum atomic E-state index is 14.5. The Morgan fingerprint density at radius 1 is 1.06 bits per heavy atom. The normalized spacial score (nSPS) is 22.9. The summed E-state index contributed by atoms with van der Waals surface area (Å²) >= 11 is 12.6. The zero-order valence-corrected chi connectivity index (χ0v) is 20.6. The molecule has 0 saturated carbocycles. The summed E-state index contributed by atoms with van der Waals surface area (Å²) in [4.78, 5) is 41.6. The Bertz CT molecular complexity index is 1340. The molecule has 1 spiro atoms. The Hall–Kier alpha value is -3.42. The van der Waals surface area contributed by atoms with Crippen molar-refractivity contribution >= 4 is 46.8 Å². The average Bonchev–Trinajstić information content (AvgIpc) is 3.08. The van der Waals surface area contributed by atoms with E-state index in [1.54, 1.807) is 49.4 Å². The number of amides is 3. The molecule has 0 radical (unpaired) electrons. The van der Waals surface area contributed by atoms with Crippen LogP contribution in [0.3, 0.4) is 0 Å². The van der Waals surface area contributed by atoms with Crippen LogP contribution in [0.4, 0.5) is 14.9 Å². The Morgan fingerprint density at radius 2 is 1.78 bits per heavy atom. The minimum atomic E-state index is -1.51. The number of rotatable bonds is 3. The van der Waals surface area contributed by atoms with Crippen LogP contribution in [0.5, 0.6) is 0 Å². The third kappa shape index (κ3) is 3.74. The molecule has 2 aliphatic heterocycles. The van der Waals surface area contributed by atoms with E-state index in [9.17, 15) is 18.8 Å². The lowest BCUT2D eigenvalue weighted by Crippen LogP contribution is -2.58. The Labute approximate surface area is 216 Å². The molecule has 3 aromatic rings. The van der Waals surface area contributed by atoms with Crippen LogP contribution in [0.2, 0.25) is 10.0 Å². The number of nitrogens with one attached hydrogen (secondary N) is 1. The van der Waals surface area contributed by atoms with Crippen molar-refractivity contribution in [2.45, 2.75) is 30.7 Å². The molecule has 0 aliphatic carbocycles. The molecule has 2 aliphatic rings. The molecule has 3 aromatic carbocycles. The highest BCUT2D eigenvalue weighted by molar-refractivity contribution is 6.32. The van der Waals surface area contributed by atoms with Crippen molar-refractivity contribution in [3.8, 4) is 0 Å². The van der Waals surface area contributed by atoms with Crippen LogP contribution in [0.25, 0.3) is 0 Å². The smallest absolute Gasteiger partial charge is 0.421 e. The van der Waals surface area contributed by atoms with Gasteiger partial charge in [0, 0.05) is 22.4 Å². The second-order valence-electron chi connectivity index (χ2n) is 8.74. The van der Waals surface area contributed by atoms with Gasteiger partial charge in [-0.15, -0.1) is 0 Å². The largest absolute Gasteiger partial charge is 0.449 e. The predicted molar refractivity (Wildman–Crippen MR) is 134 cm³/mol. The second-order valence-corrected chi connectivity index (χ2v) is 9.61. The van der Waals surface area contributed by atoms with Gasteiger partial charge in [0.1, 0.15) is 11.2 Å². The first kappa shape index (κ1) is 24.3. The van der Waals surface area contributed by atoms with Crippen LogP contribution < -0.4 is 10.2 Å². The number of ether oxygens (including phenoxy) is 1. The van der Waals surface area contributed by atoms with Crippen LogP contribution in [-0.4, -0.2) is 24.5 Å². The van der Waals surface area contributed by atoms with E-state index in [1.165, 1.54) is 24.3 Å². The predicted octanol–water partition coefficient (Wildman–Crippen LogP) is 5.92. The molecule has 1 saturated heterocycles. The van der Waals surface area contributed by atoms with Gasteiger partial charge in [-0.25, -0.2) is 14.1 Å². The zero-order chi connectivity index (χ0) is 25.6. The molecule has 0 aromatic heterocycles. The van der Waals surface area contributed by atoms with Gasteiger partial charge < -0.3 is 10.1 Å². The number of anilines is 1. The van der Waals surface area contributed by atoms with E-state index in [4.69, 9.17) is 27.9 Å². The number of fused-ring (bicyclic) bond motifs is 2. The van der Waals surface area contributed by atoms with Crippen LogP contribution in [0.15, 0.2) is 66.7 Å². The third-order valence-corrected chi connectivity index (χ3v) is 7.26. The molecule has 3 atom stereocenters. The molecule has 5 rings (SSSR count). The number of benzene rings is 3. The molecule has 2 heterocycles. The monoisotopic (exact) mass is 526 g/mol. The van der Waals surface area contributed by atoms with Crippen molar-refractivity contribution in [2.75, 3.05) is 11.5 Å². The molecule has 0 bridgehead atoms. The first-order chi connectivity index (χ1) is 17.3. The molecule has 9 heteroatoms. The van der Waals surface area contributed by atoms with Crippen molar-refractivity contribution in [2.24, 2.45) is 0 Å². The highest BCUT2D eigenvalue weighted by Crippen LogP contribution is 2.59. The van der Waals surface area contributed by atoms with E-state index in [0.717, 1.165) is 4.90 Å². The van der Waals surface area contributed by atoms with Gasteiger partial charge in [0.2, 0.25) is 11.8 Å². The number of halogens is 3. The fourth-order valence-corrected chi connectivity index (χ4v) is 5.82. The summed E-state index contributed by atoms with van der Waals surface area (Å²) in [5, 5.41) is 3.66. The summed E-state index contributed by atoms with van der Waals surface area (Å²) in [5.74, 6) is -2.17. The van der Waals surface area contributed by atoms with E-state index in [1.807, 2.05) is 0 Å². The molecule has 1 fully saturated rings. The van der Waals surface area contributed by atoms with Crippen LogP contribution in [0, 0.1) is 5.82 Å². The fourth-order valence-electron chi connectivity index (χ4n) is 5.45. The second kappa shape index (κ2) is 9.22. The van der Waals surface area contributed by atoms with E-state index < -0.39 is 35.2 Å². The number of hydrogen-bond acceptors (Lipinski definition) is 4. The van der Waals surface area contributed by atoms with E-state index in [0.29, 0.717) is 26.7 Å². The standard InChI is InChI=1S/C27H21Cl2FN2O4/c1-2-36-26(35)32-22-13-18(29)9-10-20(22)27(25(32)34)21(15-5-3-7-17(28)11-15)14-23(33)31-24(27)16-6-4-8-19(30)12-16/h3-13,21,24H,2,14H2,1H3,(H,31,33)/t21-,24+,27-/m0/s1. The first-order valence-corrected chi connectivity index (χ1v) is 12.1. The van der Waals surface area contributed by atoms with E-state index in [-0.39, 0.29) is 24.6 Å². The average molecular weight is 527 g/mol. The zero-order valence-electron chi connectivity index (χ0n) is 19.1. The van der Waals surface area contributed by atoms with E-state index >= 15 is 0 Å². The number of hydrogen-bond donors (Lipinski definition) is 1. The minimum absolute atomic E-state index is 0.0489. The summed E-state index contributed by atoms with van der Waals surface area (Å²) in [6.07, 6.45) is -0.918. The molecule has 1 N–H and O–H groups in total. The van der Waals surface area contributed by atoms with Gasteiger partial charge in [0.25, 0.3) is 0 Å². The minimum Gasteiger partial charge on any atom is -0.449 e. The van der Waals surface area contributed by atoms with Gasteiger partial charge in [-0.1, -0.05) is 53.5 Å². The highest BCUT2D eigenvalue weighted by Gasteiger charge is 2.64. The van der Waals surface area contributed by atoms with Crippen molar-refractivity contribution in [1.82, 2.24) is 5.32 Å². The van der Waals surface area contributed by atoms with Gasteiger partial charge in [0.05, 0.1) is 18.3 Å². The maximum absolute atomic E-state index is 14.5. The lowest BCUT2D eigenvalue weighted by Gasteiger charge is -2.46. The van der Waals surface area contributed by atoms with Gasteiger partial charge in [-0.2, -0.15) is 0 Å². The number of carbonyl (C=O) groups is 3. The summed E-state index contributed by atoms with van der Waals surface area (Å²) in [6, 6.07) is 16.5. The number of carbonyl (C=O) groups excluding carboxylic acids is 3. The Balaban J connectivity index is 1.84. The topological polar surface area (TPSA) is 75.7 Å². The molecule has 184 valence electrons. The van der Waals surface area contributed by atoms with Crippen molar-refractivity contribution in [1.29, 1.82) is 0 Å². The van der Waals surface area contributed by atoms with Crippen molar-refractivity contribution < 1.29 is 23.5 Å². The van der Waals surface area contributed by atoms with E-state index in [2.05, 4.69) is 5.32 Å². The molecular weight excluding hydrogens is 506 g/mol. The lowest BCUT2D eigenvalue weighted by molar-refractivity contribution is -0.132. The number of piperidine rings is 1. The Kier molecular flexibility index (Phi) is 6.22. The van der Waals surface area contributed by atoms with Crippen LogP contribution >= 0.6 is 23.2 Å². The Morgan fingerprint density at radius 3 is 2.50 bits per heavy atom.